The average Bonchev–Trinajstić information content (AvgIpc) is 2.29. The number of rotatable bonds is 6. The Morgan fingerprint density at radius 1 is 1.11 bits per heavy atom. The Labute approximate surface area is 114 Å². The highest BCUT2D eigenvalue weighted by atomic mass is 35.5. The first-order chi connectivity index (χ1) is 8.47. The maximum absolute atomic E-state index is 6.07. The molecular formula is C14H22ClNO2. The molecule has 3 nitrogen and oxygen atoms in total. The quantitative estimate of drug-likeness (QED) is 0.841. The summed E-state index contributed by atoms with van der Waals surface area (Å²) in [5.74, 6) is 2.03. The smallest absolute Gasteiger partial charge is 0.143 e. The van der Waals surface area contributed by atoms with Crippen molar-refractivity contribution >= 4 is 17.3 Å². The van der Waals surface area contributed by atoms with Crippen LogP contribution in [0.25, 0.3) is 0 Å². The molecule has 0 amide bonds. The lowest BCUT2D eigenvalue weighted by Crippen LogP contribution is -2.18. The van der Waals surface area contributed by atoms with Crippen LogP contribution in [-0.4, -0.2) is 20.3 Å². The number of halogens is 1. The van der Waals surface area contributed by atoms with Crippen molar-refractivity contribution in [3.05, 3.63) is 17.2 Å². The molecule has 1 rings (SSSR count). The van der Waals surface area contributed by atoms with Crippen molar-refractivity contribution in [3.8, 4) is 11.5 Å². The van der Waals surface area contributed by atoms with Crippen LogP contribution in [0.4, 0.5) is 5.69 Å². The van der Waals surface area contributed by atoms with Gasteiger partial charge in [0.2, 0.25) is 0 Å². The van der Waals surface area contributed by atoms with Crippen molar-refractivity contribution in [1.82, 2.24) is 0 Å². The molecule has 0 saturated heterocycles. The molecule has 0 aliphatic carbocycles. The van der Waals surface area contributed by atoms with E-state index in [4.69, 9.17) is 21.1 Å². The lowest BCUT2D eigenvalue weighted by Gasteiger charge is -2.20. The summed E-state index contributed by atoms with van der Waals surface area (Å²) in [6, 6.07) is 4.01. The van der Waals surface area contributed by atoms with Crippen LogP contribution in [0.5, 0.6) is 11.5 Å². The van der Waals surface area contributed by atoms with Crippen LogP contribution >= 0.6 is 11.6 Å². The highest BCUT2D eigenvalue weighted by Crippen LogP contribution is 2.36. The van der Waals surface area contributed by atoms with E-state index in [-0.39, 0.29) is 0 Å². The zero-order chi connectivity index (χ0) is 13.7. The van der Waals surface area contributed by atoms with Crippen molar-refractivity contribution in [1.29, 1.82) is 0 Å². The Balaban J connectivity index is 2.92. The molecule has 0 fully saturated rings. The first-order valence-corrected chi connectivity index (χ1v) is 6.53. The number of methoxy groups -OCH3 is 2. The molecule has 1 aromatic carbocycles. The van der Waals surface area contributed by atoms with E-state index in [1.54, 1.807) is 20.3 Å². The van der Waals surface area contributed by atoms with Crippen LogP contribution in [-0.2, 0) is 0 Å². The summed E-state index contributed by atoms with van der Waals surface area (Å²) in [5.41, 5.74) is 0.909. The Morgan fingerprint density at radius 2 is 1.72 bits per heavy atom. The standard InChI is InChI=1S/C14H22ClNO2/c1-9(2)6-10(3)16-12-8-13(17-4)11(15)7-14(12)18-5/h7-10,16H,6H2,1-5H3. The van der Waals surface area contributed by atoms with E-state index in [2.05, 4.69) is 26.1 Å². The topological polar surface area (TPSA) is 30.5 Å². The zero-order valence-corrected chi connectivity index (χ0v) is 12.5. The minimum absolute atomic E-state index is 0.366. The molecule has 0 heterocycles. The highest BCUT2D eigenvalue weighted by Gasteiger charge is 2.12. The van der Waals surface area contributed by atoms with Crippen molar-refractivity contribution in [2.24, 2.45) is 5.92 Å². The van der Waals surface area contributed by atoms with Gasteiger partial charge >= 0.3 is 0 Å². The molecule has 102 valence electrons. The monoisotopic (exact) mass is 271 g/mol. The maximum Gasteiger partial charge on any atom is 0.143 e. The summed E-state index contributed by atoms with van der Waals surface area (Å²) in [6.07, 6.45) is 1.09. The number of nitrogens with one attached hydrogen (secondary N) is 1. The van der Waals surface area contributed by atoms with Crippen molar-refractivity contribution in [2.75, 3.05) is 19.5 Å². The summed E-state index contributed by atoms with van der Waals surface area (Å²) in [7, 11) is 3.24. The number of hydrogen-bond acceptors (Lipinski definition) is 3. The number of hydrogen-bond donors (Lipinski definition) is 1. The van der Waals surface area contributed by atoms with E-state index in [1.165, 1.54) is 0 Å². The second-order valence-electron chi connectivity index (χ2n) is 4.86. The molecular weight excluding hydrogens is 250 g/mol. The second-order valence-corrected chi connectivity index (χ2v) is 5.27. The van der Waals surface area contributed by atoms with Gasteiger partial charge in [-0.15, -0.1) is 0 Å². The van der Waals surface area contributed by atoms with Crippen molar-refractivity contribution in [3.63, 3.8) is 0 Å². The molecule has 0 bridgehead atoms. The predicted octanol–water partition coefficient (Wildman–Crippen LogP) is 4.20. The minimum Gasteiger partial charge on any atom is -0.495 e. The number of benzene rings is 1. The summed E-state index contributed by atoms with van der Waals surface area (Å²) in [6.45, 7) is 6.57. The van der Waals surface area contributed by atoms with Gasteiger partial charge in [0, 0.05) is 18.2 Å². The third-order valence-corrected chi connectivity index (χ3v) is 3.00. The van der Waals surface area contributed by atoms with Gasteiger partial charge in [-0.1, -0.05) is 25.4 Å². The molecule has 4 heteroatoms. The number of ether oxygens (including phenoxy) is 2. The fourth-order valence-corrected chi connectivity index (χ4v) is 2.24. The largest absolute Gasteiger partial charge is 0.495 e. The van der Waals surface area contributed by atoms with E-state index < -0.39 is 0 Å². The predicted molar refractivity (Wildman–Crippen MR) is 77.1 cm³/mol. The first-order valence-electron chi connectivity index (χ1n) is 6.16. The molecule has 1 unspecified atom stereocenters. The van der Waals surface area contributed by atoms with Gasteiger partial charge in [-0.2, -0.15) is 0 Å². The fraction of sp³-hybridized carbons (Fsp3) is 0.571. The van der Waals surface area contributed by atoms with Gasteiger partial charge in [0.25, 0.3) is 0 Å². The van der Waals surface area contributed by atoms with Crippen LogP contribution in [0.15, 0.2) is 12.1 Å². The fourth-order valence-electron chi connectivity index (χ4n) is 2.00. The first kappa shape index (κ1) is 15.0. The molecule has 1 atom stereocenters. The Hall–Kier alpha value is -1.09. The van der Waals surface area contributed by atoms with Crippen LogP contribution < -0.4 is 14.8 Å². The summed E-state index contributed by atoms with van der Waals surface area (Å²) >= 11 is 6.07. The Morgan fingerprint density at radius 3 is 2.22 bits per heavy atom. The van der Waals surface area contributed by atoms with Gasteiger partial charge in [-0.25, -0.2) is 0 Å². The van der Waals surface area contributed by atoms with Gasteiger partial charge in [-0.3, -0.25) is 0 Å². The van der Waals surface area contributed by atoms with E-state index in [9.17, 15) is 0 Å². The van der Waals surface area contributed by atoms with Crippen LogP contribution in [0, 0.1) is 5.92 Å². The van der Waals surface area contributed by atoms with Gasteiger partial charge in [-0.05, 0) is 19.3 Å². The van der Waals surface area contributed by atoms with Gasteiger partial charge in [0.05, 0.1) is 24.9 Å². The third kappa shape index (κ3) is 3.98. The highest BCUT2D eigenvalue weighted by molar-refractivity contribution is 6.32. The van der Waals surface area contributed by atoms with E-state index in [0.717, 1.165) is 17.9 Å². The molecule has 0 spiro atoms. The van der Waals surface area contributed by atoms with Crippen molar-refractivity contribution in [2.45, 2.75) is 33.2 Å². The molecule has 18 heavy (non-hydrogen) atoms. The summed E-state index contributed by atoms with van der Waals surface area (Å²) < 4.78 is 10.5. The van der Waals surface area contributed by atoms with Crippen LogP contribution in [0.2, 0.25) is 5.02 Å². The minimum atomic E-state index is 0.366. The maximum atomic E-state index is 6.07. The SMILES string of the molecule is COc1cc(NC(C)CC(C)C)c(OC)cc1Cl. The summed E-state index contributed by atoms with van der Waals surface area (Å²) in [4.78, 5) is 0. The van der Waals surface area contributed by atoms with E-state index in [1.807, 2.05) is 6.07 Å². The van der Waals surface area contributed by atoms with Crippen LogP contribution in [0.1, 0.15) is 27.2 Å². The van der Waals surface area contributed by atoms with E-state index in [0.29, 0.717) is 22.7 Å². The number of anilines is 1. The molecule has 0 aliphatic rings. The lowest BCUT2D eigenvalue weighted by atomic mass is 10.0. The van der Waals surface area contributed by atoms with E-state index >= 15 is 0 Å². The summed E-state index contributed by atoms with van der Waals surface area (Å²) in [5, 5.41) is 3.98. The molecule has 0 saturated carbocycles. The molecule has 0 aromatic heterocycles. The Kier molecular flexibility index (Phi) is 5.60. The third-order valence-electron chi connectivity index (χ3n) is 2.70. The van der Waals surface area contributed by atoms with Crippen LogP contribution in [0.3, 0.4) is 0 Å². The average molecular weight is 272 g/mol. The van der Waals surface area contributed by atoms with Gasteiger partial charge < -0.3 is 14.8 Å². The molecule has 1 aromatic rings. The Bertz CT molecular complexity index is 394. The normalized spacial score (nSPS) is 12.4. The molecule has 0 radical (unpaired) electrons. The zero-order valence-electron chi connectivity index (χ0n) is 11.7. The molecule has 0 aliphatic heterocycles. The molecule has 1 N–H and O–H groups in total. The van der Waals surface area contributed by atoms with Gasteiger partial charge in [0.1, 0.15) is 11.5 Å². The second kappa shape index (κ2) is 6.74. The lowest BCUT2D eigenvalue weighted by molar-refractivity contribution is 0.404. The van der Waals surface area contributed by atoms with Gasteiger partial charge in [0.15, 0.2) is 0 Å². The van der Waals surface area contributed by atoms with Crippen molar-refractivity contribution < 1.29 is 9.47 Å².